The lowest BCUT2D eigenvalue weighted by atomic mass is 10.1. The fraction of sp³-hybridized carbons (Fsp3) is 0.600. The van der Waals surface area contributed by atoms with Crippen molar-refractivity contribution in [3.63, 3.8) is 0 Å². The highest BCUT2D eigenvalue weighted by Gasteiger charge is 2.36. The van der Waals surface area contributed by atoms with Gasteiger partial charge in [-0.3, -0.25) is 9.69 Å². The highest BCUT2D eigenvalue weighted by molar-refractivity contribution is 7.89. The van der Waals surface area contributed by atoms with E-state index in [0.717, 1.165) is 0 Å². The molecule has 1 heterocycles. The number of rotatable bonds is 4. The quantitative estimate of drug-likeness (QED) is 0.771. The molecule has 1 aliphatic rings. The molecular formula is C20H31N3O5S. The standard InChI is InChI=1S/C20H31N3O5S/c1-19(2,3)22-29(26,27)15-11-9-14(10-12-15)21-17(24)16-8-7-13-23(16)18(25)28-20(4,5)6/h9-12,16,22H,7-8,13H2,1-6H3,(H,21,24)/t16-/m0/s1. The summed E-state index contributed by atoms with van der Waals surface area (Å²) in [4.78, 5) is 26.6. The lowest BCUT2D eigenvalue weighted by Crippen LogP contribution is -2.45. The Balaban J connectivity index is 2.06. The van der Waals surface area contributed by atoms with E-state index in [2.05, 4.69) is 10.0 Å². The molecule has 9 heteroatoms. The number of ether oxygens (including phenoxy) is 1. The molecule has 2 rings (SSSR count). The van der Waals surface area contributed by atoms with Crippen molar-refractivity contribution in [2.45, 2.75) is 76.5 Å². The van der Waals surface area contributed by atoms with Crippen LogP contribution in [0.2, 0.25) is 0 Å². The van der Waals surface area contributed by atoms with Crippen molar-refractivity contribution in [3.8, 4) is 0 Å². The maximum Gasteiger partial charge on any atom is 0.410 e. The van der Waals surface area contributed by atoms with Gasteiger partial charge in [0.15, 0.2) is 0 Å². The predicted molar refractivity (Wildman–Crippen MR) is 111 cm³/mol. The lowest BCUT2D eigenvalue weighted by molar-refractivity contribution is -0.120. The van der Waals surface area contributed by atoms with Gasteiger partial charge in [-0.1, -0.05) is 0 Å². The lowest BCUT2D eigenvalue weighted by Gasteiger charge is -2.28. The summed E-state index contributed by atoms with van der Waals surface area (Å²) in [7, 11) is -3.65. The molecule has 0 spiro atoms. The third-order valence-electron chi connectivity index (χ3n) is 4.06. The Labute approximate surface area is 173 Å². The maximum atomic E-state index is 12.7. The summed E-state index contributed by atoms with van der Waals surface area (Å²) in [6.07, 6.45) is 0.755. The van der Waals surface area contributed by atoms with Gasteiger partial charge in [-0.2, -0.15) is 0 Å². The predicted octanol–water partition coefficient (Wildman–Crippen LogP) is 3.10. The molecule has 162 valence electrons. The van der Waals surface area contributed by atoms with E-state index in [1.165, 1.54) is 29.2 Å². The molecule has 2 amide bonds. The van der Waals surface area contributed by atoms with Gasteiger partial charge in [0, 0.05) is 17.8 Å². The highest BCUT2D eigenvalue weighted by Crippen LogP contribution is 2.23. The van der Waals surface area contributed by atoms with Gasteiger partial charge in [-0.05, 0) is 78.6 Å². The van der Waals surface area contributed by atoms with E-state index >= 15 is 0 Å². The second-order valence-corrected chi connectivity index (χ2v) is 10.9. The summed E-state index contributed by atoms with van der Waals surface area (Å²) in [6, 6.07) is 5.31. The molecule has 1 saturated heterocycles. The second kappa shape index (κ2) is 8.31. The second-order valence-electron chi connectivity index (χ2n) is 9.20. The van der Waals surface area contributed by atoms with Crippen LogP contribution in [0.1, 0.15) is 54.4 Å². The van der Waals surface area contributed by atoms with Crippen molar-refractivity contribution < 1.29 is 22.7 Å². The van der Waals surface area contributed by atoms with Crippen LogP contribution in [0.15, 0.2) is 29.2 Å². The third-order valence-corrected chi connectivity index (χ3v) is 5.83. The first-order valence-electron chi connectivity index (χ1n) is 9.62. The van der Waals surface area contributed by atoms with Crippen molar-refractivity contribution in [1.82, 2.24) is 9.62 Å². The Bertz CT molecular complexity index is 852. The summed E-state index contributed by atoms with van der Waals surface area (Å²) in [5.74, 6) is -0.322. The van der Waals surface area contributed by atoms with Gasteiger partial charge in [0.05, 0.1) is 4.90 Å². The number of hydrogen-bond acceptors (Lipinski definition) is 5. The molecule has 1 aromatic carbocycles. The Morgan fingerprint density at radius 2 is 1.66 bits per heavy atom. The minimum atomic E-state index is -3.65. The van der Waals surface area contributed by atoms with Crippen LogP contribution in [0.5, 0.6) is 0 Å². The van der Waals surface area contributed by atoms with Gasteiger partial charge < -0.3 is 10.1 Å². The zero-order valence-electron chi connectivity index (χ0n) is 17.9. The van der Waals surface area contributed by atoms with E-state index in [1.807, 2.05) is 0 Å². The first-order chi connectivity index (χ1) is 13.2. The van der Waals surface area contributed by atoms with Gasteiger partial charge in [0.2, 0.25) is 15.9 Å². The van der Waals surface area contributed by atoms with E-state index in [4.69, 9.17) is 4.74 Å². The third kappa shape index (κ3) is 6.71. The number of anilines is 1. The summed E-state index contributed by atoms with van der Waals surface area (Å²) in [6.45, 7) is 11.1. The molecule has 0 unspecified atom stereocenters. The van der Waals surface area contributed by atoms with Gasteiger partial charge in [-0.15, -0.1) is 0 Å². The molecule has 8 nitrogen and oxygen atoms in total. The first kappa shape index (κ1) is 23.2. The topological polar surface area (TPSA) is 105 Å². The fourth-order valence-corrected chi connectivity index (χ4v) is 4.40. The van der Waals surface area contributed by atoms with Crippen molar-refractivity contribution in [2.75, 3.05) is 11.9 Å². The normalized spacial score (nSPS) is 17.9. The molecule has 0 bridgehead atoms. The number of nitrogens with zero attached hydrogens (tertiary/aromatic N) is 1. The molecule has 1 aliphatic heterocycles. The number of carbonyl (C=O) groups excluding carboxylic acids is 2. The van der Waals surface area contributed by atoms with Gasteiger partial charge in [0.25, 0.3) is 0 Å². The Hall–Kier alpha value is -2.13. The Morgan fingerprint density at radius 3 is 2.17 bits per heavy atom. The van der Waals surface area contributed by atoms with Crippen LogP contribution >= 0.6 is 0 Å². The summed E-state index contributed by atoms with van der Waals surface area (Å²) >= 11 is 0. The average Bonchev–Trinajstić information content (AvgIpc) is 3.01. The Morgan fingerprint density at radius 1 is 1.07 bits per heavy atom. The van der Waals surface area contributed by atoms with Gasteiger partial charge in [-0.25, -0.2) is 17.9 Å². The SMILES string of the molecule is CC(C)(C)NS(=O)(=O)c1ccc(NC(=O)[C@@H]2CCCN2C(=O)OC(C)(C)C)cc1. The maximum absolute atomic E-state index is 12.7. The van der Waals surface area contributed by atoms with E-state index in [9.17, 15) is 18.0 Å². The van der Waals surface area contributed by atoms with Crippen molar-refractivity contribution in [2.24, 2.45) is 0 Å². The number of benzene rings is 1. The van der Waals surface area contributed by atoms with Crippen LogP contribution in [-0.4, -0.2) is 49.0 Å². The highest BCUT2D eigenvalue weighted by atomic mass is 32.2. The summed E-state index contributed by atoms with van der Waals surface area (Å²) in [5.41, 5.74) is -0.775. The largest absolute Gasteiger partial charge is 0.444 e. The van der Waals surface area contributed by atoms with E-state index in [-0.39, 0.29) is 10.8 Å². The molecule has 0 aliphatic carbocycles. The number of amides is 2. The van der Waals surface area contributed by atoms with Crippen molar-refractivity contribution in [1.29, 1.82) is 0 Å². The van der Waals surface area contributed by atoms with Gasteiger partial charge in [0.1, 0.15) is 11.6 Å². The van der Waals surface area contributed by atoms with Crippen LogP contribution in [0.25, 0.3) is 0 Å². The van der Waals surface area contributed by atoms with Crippen molar-refractivity contribution >= 4 is 27.7 Å². The zero-order chi connectivity index (χ0) is 22.0. The first-order valence-corrected chi connectivity index (χ1v) is 11.1. The molecule has 0 radical (unpaired) electrons. The molecule has 1 fully saturated rings. The van der Waals surface area contributed by atoms with E-state index < -0.39 is 33.3 Å². The van der Waals surface area contributed by atoms with E-state index in [1.54, 1.807) is 41.5 Å². The molecule has 0 saturated carbocycles. The van der Waals surface area contributed by atoms with Crippen LogP contribution in [-0.2, 0) is 19.6 Å². The fourth-order valence-electron chi connectivity index (χ4n) is 2.98. The van der Waals surface area contributed by atoms with Crippen molar-refractivity contribution in [3.05, 3.63) is 24.3 Å². The summed E-state index contributed by atoms with van der Waals surface area (Å²) in [5, 5.41) is 2.75. The van der Waals surface area contributed by atoms with Crippen LogP contribution in [0, 0.1) is 0 Å². The van der Waals surface area contributed by atoms with E-state index in [0.29, 0.717) is 25.1 Å². The summed E-state index contributed by atoms with van der Waals surface area (Å²) < 4.78 is 32.7. The monoisotopic (exact) mass is 425 g/mol. The number of sulfonamides is 1. The van der Waals surface area contributed by atoms with Crippen LogP contribution in [0.3, 0.4) is 0 Å². The number of hydrogen-bond donors (Lipinski definition) is 2. The number of nitrogens with one attached hydrogen (secondary N) is 2. The smallest absolute Gasteiger partial charge is 0.410 e. The number of likely N-dealkylation sites (tertiary alicyclic amines) is 1. The molecule has 2 N–H and O–H groups in total. The minimum absolute atomic E-state index is 0.113. The zero-order valence-corrected chi connectivity index (χ0v) is 18.7. The molecule has 0 aromatic heterocycles. The molecular weight excluding hydrogens is 394 g/mol. The minimum Gasteiger partial charge on any atom is -0.444 e. The molecule has 1 aromatic rings. The van der Waals surface area contributed by atoms with Gasteiger partial charge >= 0.3 is 6.09 Å². The average molecular weight is 426 g/mol. The van der Waals surface area contributed by atoms with Crippen LogP contribution < -0.4 is 10.0 Å². The Kier molecular flexibility index (Phi) is 6.64. The molecule has 1 atom stereocenters. The van der Waals surface area contributed by atoms with Crippen LogP contribution in [0.4, 0.5) is 10.5 Å². The molecule has 29 heavy (non-hydrogen) atoms. The number of carbonyl (C=O) groups is 2.